The van der Waals surface area contributed by atoms with E-state index in [2.05, 4.69) is 33.9 Å². The van der Waals surface area contributed by atoms with E-state index in [0.717, 1.165) is 18.6 Å². The smallest absolute Gasteiger partial charge is 0.346 e. The lowest BCUT2D eigenvalue weighted by Gasteiger charge is -2.29. The highest BCUT2D eigenvalue weighted by atomic mass is 16.6. The molecule has 0 aliphatic carbocycles. The third kappa shape index (κ3) is 19.2. The molecular weight excluding hydrogens is 624 g/mol. The number of aliphatic hydroxyl groups excluding tert-OH is 3. The van der Waals surface area contributed by atoms with Gasteiger partial charge in [-0.1, -0.05) is 74.2 Å². The molecule has 262 valence electrons. The van der Waals surface area contributed by atoms with E-state index in [0.29, 0.717) is 50.8 Å². The van der Waals surface area contributed by atoms with Crippen LogP contribution in [0.5, 0.6) is 0 Å². The first kappa shape index (κ1) is 43.4. The van der Waals surface area contributed by atoms with Gasteiger partial charge in [0.2, 0.25) is 0 Å². The van der Waals surface area contributed by atoms with Crippen molar-refractivity contribution in [1.29, 1.82) is 0 Å². The number of esters is 4. The molecule has 2 aromatic carbocycles. The van der Waals surface area contributed by atoms with Gasteiger partial charge >= 0.3 is 23.9 Å². The number of aliphatic hydroxyl groups is 3. The Kier molecular flexibility index (Phi) is 24.9. The summed E-state index contributed by atoms with van der Waals surface area (Å²) >= 11 is 0. The topological polar surface area (TPSA) is 175 Å². The van der Waals surface area contributed by atoms with Crippen LogP contribution in [-0.4, -0.2) is 98.7 Å². The van der Waals surface area contributed by atoms with Crippen LogP contribution in [0.2, 0.25) is 0 Å². The van der Waals surface area contributed by atoms with E-state index in [4.69, 9.17) is 19.7 Å². The Morgan fingerprint density at radius 3 is 1.46 bits per heavy atom. The second kappa shape index (κ2) is 27.5. The zero-order chi connectivity index (χ0) is 36.0. The summed E-state index contributed by atoms with van der Waals surface area (Å²) in [4.78, 5) is 41.5. The van der Waals surface area contributed by atoms with Crippen molar-refractivity contribution in [3.63, 3.8) is 0 Å². The molecule has 0 fully saturated rings. The van der Waals surface area contributed by atoms with Gasteiger partial charge in [0, 0.05) is 17.6 Å². The van der Waals surface area contributed by atoms with Gasteiger partial charge in [0.1, 0.15) is 0 Å². The maximum atomic E-state index is 10.8. The van der Waals surface area contributed by atoms with Crippen molar-refractivity contribution >= 4 is 30.0 Å². The normalized spacial score (nSPS) is 12.2. The summed E-state index contributed by atoms with van der Waals surface area (Å²) in [7, 11) is 0. The predicted octanol–water partition coefficient (Wildman–Crippen LogP) is 3.72. The molecule has 0 amide bonds. The number of carbonyl (C=O) groups excluding carboxylic acids is 4. The molecule has 4 rings (SSSR count). The Labute approximate surface area is 281 Å². The monoisotopic (exact) mass is 670 g/mol. The molecule has 0 aromatic heterocycles. The van der Waals surface area contributed by atoms with E-state index in [1.54, 1.807) is 36.4 Å². The third-order valence-electron chi connectivity index (χ3n) is 5.99. The van der Waals surface area contributed by atoms with Gasteiger partial charge in [-0.2, -0.15) is 0 Å². The fraction of sp³-hybridized carbons (Fsp3) is 0.333. The fourth-order valence-electron chi connectivity index (χ4n) is 3.32. The van der Waals surface area contributed by atoms with E-state index in [1.807, 2.05) is 43.3 Å². The quantitative estimate of drug-likeness (QED) is 0.109. The van der Waals surface area contributed by atoms with Crippen LogP contribution in [0.15, 0.2) is 98.6 Å². The second-order valence-corrected chi connectivity index (χ2v) is 9.59. The number of benzene rings is 2. The first-order chi connectivity index (χ1) is 23.2. The standard InChI is InChI=1S/C12H22O3.C8H4O3.C8H8.C4H2O3.C4H10O3/c1-4-7-14-10-12(6-3,9-13)11-15-8-5-2;9-7-5-3-1-2-4-6(5)8(10)11-7;1-2-8-6-4-3-5-7-8;5-3-1-2-4(6)7-3;5-1-3-7-4-2-6/h4-5,13H,1-2,6-11H2,3H3;1-4H;2-7H,1H2;1-2H;5-6H,1-4H2. The van der Waals surface area contributed by atoms with Crippen LogP contribution in [0, 0.1) is 5.41 Å². The van der Waals surface area contributed by atoms with Crippen molar-refractivity contribution in [2.75, 3.05) is 59.5 Å². The van der Waals surface area contributed by atoms with Gasteiger partial charge in [-0.25, -0.2) is 19.2 Å². The van der Waals surface area contributed by atoms with Crippen LogP contribution < -0.4 is 0 Å². The Hall–Kier alpha value is -4.56. The van der Waals surface area contributed by atoms with Gasteiger partial charge in [-0.15, -0.1) is 13.2 Å². The first-order valence-corrected chi connectivity index (χ1v) is 14.9. The van der Waals surface area contributed by atoms with Crippen LogP contribution in [0.1, 0.15) is 39.6 Å². The molecule has 0 unspecified atom stereocenters. The van der Waals surface area contributed by atoms with Crippen LogP contribution >= 0.6 is 0 Å². The minimum atomic E-state index is -0.579. The van der Waals surface area contributed by atoms with E-state index < -0.39 is 23.9 Å². The lowest BCUT2D eigenvalue weighted by molar-refractivity contribution is -0.150. The zero-order valence-electron chi connectivity index (χ0n) is 27.3. The van der Waals surface area contributed by atoms with Crippen molar-refractivity contribution in [2.45, 2.75) is 13.3 Å². The Balaban J connectivity index is 0.000000595. The molecule has 0 atom stereocenters. The zero-order valence-corrected chi connectivity index (χ0v) is 27.3. The van der Waals surface area contributed by atoms with Gasteiger partial charge in [0.05, 0.1) is 70.6 Å². The molecule has 12 heteroatoms. The maximum absolute atomic E-state index is 10.8. The van der Waals surface area contributed by atoms with Crippen LogP contribution in [0.3, 0.4) is 0 Å². The van der Waals surface area contributed by atoms with Crippen molar-refractivity contribution in [1.82, 2.24) is 0 Å². The number of hydrogen-bond donors (Lipinski definition) is 3. The number of ether oxygens (including phenoxy) is 5. The molecule has 0 saturated carbocycles. The predicted molar refractivity (Wildman–Crippen MR) is 180 cm³/mol. The highest BCUT2D eigenvalue weighted by molar-refractivity contribution is 6.14. The second-order valence-electron chi connectivity index (χ2n) is 9.59. The minimum Gasteiger partial charge on any atom is -0.396 e. The molecule has 2 aliphatic rings. The van der Waals surface area contributed by atoms with Gasteiger partial charge in [0.15, 0.2) is 0 Å². The van der Waals surface area contributed by atoms with Crippen molar-refractivity contribution < 1.29 is 58.2 Å². The van der Waals surface area contributed by atoms with E-state index in [9.17, 15) is 24.3 Å². The number of fused-ring (bicyclic) bond motifs is 1. The number of rotatable bonds is 15. The highest BCUT2D eigenvalue weighted by Crippen LogP contribution is 2.22. The summed E-state index contributed by atoms with van der Waals surface area (Å²) in [5.41, 5.74) is 1.59. The number of hydrogen-bond acceptors (Lipinski definition) is 12. The van der Waals surface area contributed by atoms with Crippen LogP contribution in [-0.2, 0) is 33.3 Å². The maximum Gasteiger partial charge on any atom is 0.346 e. The van der Waals surface area contributed by atoms with Gasteiger partial charge in [0.25, 0.3) is 0 Å². The summed E-state index contributed by atoms with van der Waals surface area (Å²) in [5.74, 6) is -2.26. The molecule has 0 radical (unpaired) electrons. The molecule has 0 bridgehead atoms. The molecule has 12 nitrogen and oxygen atoms in total. The average Bonchev–Trinajstić information content (AvgIpc) is 3.64. The molecule has 48 heavy (non-hydrogen) atoms. The van der Waals surface area contributed by atoms with Crippen molar-refractivity contribution in [3.8, 4) is 0 Å². The molecule has 0 spiro atoms. The Morgan fingerprint density at radius 2 is 1.15 bits per heavy atom. The third-order valence-corrected chi connectivity index (χ3v) is 5.99. The minimum absolute atomic E-state index is 0.0278. The number of cyclic esters (lactones) is 4. The molecule has 2 heterocycles. The summed E-state index contributed by atoms with van der Waals surface area (Å²) in [6.07, 6.45) is 8.22. The lowest BCUT2D eigenvalue weighted by Crippen LogP contribution is -2.35. The van der Waals surface area contributed by atoms with Crippen LogP contribution in [0.25, 0.3) is 6.08 Å². The van der Waals surface area contributed by atoms with Crippen molar-refractivity contribution in [3.05, 3.63) is 115 Å². The van der Waals surface area contributed by atoms with Gasteiger partial charge in [-0.05, 0) is 24.1 Å². The summed E-state index contributed by atoms with van der Waals surface area (Å²) in [5, 5.41) is 25.5. The summed E-state index contributed by atoms with van der Waals surface area (Å²) in [6.45, 7) is 15.5. The molecule has 3 N–H and O–H groups in total. The average molecular weight is 671 g/mol. The van der Waals surface area contributed by atoms with Gasteiger partial charge < -0.3 is 39.0 Å². The molecular formula is C36H46O12. The van der Waals surface area contributed by atoms with Crippen molar-refractivity contribution in [2.24, 2.45) is 5.41 Å². The lowest BCUT2D eigenvalue weighted by atomic mass is 9.88. The van der Waals surface area contributed by atoms with E-state index >= 15 is 0 Å². The largest absolute Gasteiger partial charge is 0.396 e. The number of carbonyl (C=O) groups is 4. The van der Waals surface area contributed by atoms with E-state index in [-0.39, 0.29) is 25.2 Å². The SMILES string of the molecule is C=CCOCC(CC)(CO)COCC=C.C=Cc1ccccc1.O=C1C=CC(=O)O1.O=C1OC(=O)c2ccccc21.OCCOCCO. The fourth-order valence-corrected chi connectivity index (χ4v) is 3.32. The highest BCUT2D eigenvalue weighted by Gasteiger charge is 2.29. The summed E-state index contributed by atoms with van der Waals surface area (Å²) in [6, 6.07) is 16.6. The first-order valence-electron chi connectivity index (χ1n) is 14.9. The van der Waals surface area contributed by atoms with Crippen LogP contribution in [0.4, 0.5) is 0 Å². The molecule has 0 saturated heterocycles. The molecule has 2 aromatic rings. The Morgan fingerprint density at radius 1 is 0.688 bits per heavy atom. The van der Waals surface area contributed by atoms with Gasteiger partial charge in [-0.3, -0.25) is 0 Å². The molecule has 2 aliphatic heterocycles. The van der Waals surface area contributed by atoms with E-state index in [1.165, 1.54) is 5.56 Å². The Bertz CT molecular complexity index is 1210. The summed E-state index contributed by atoms with van der Waals surface area (Å²) < 4.78 is 23.7.